The van der Waals surface area contributed by atoms with E-state index < -0.39 is 0 Å². The number of benzene rings is 9. The number of hydrogen-bond acceptors (Lipinski definition) is 1. The average Bonchev–Trinajstić information content (AvgIpc) is 3.59. The quantitative estimate of drug-likeness (QED) is 0.147. The summed E-state index contributed by atoms with van der Waals surface area (Å²) in [6, 6.07) is 77.7. The van der Waals surface area contributed by atoms with Crippen molar-refractivity contribution in [1.82, 2.24) is 0 Å². The summed E-state index contributed by atoms with van der Waals surface area (Å²) < 4.78 is 0. The number of fused-ring (bicyclic) bond motifs is 4. The van der Waals surface area contributed by atoms with E-state index in [4.69, 9.17) is 0 Å². The molecule has 66 heavy (non-hydrogen) atoms. The van der Waals surface area contributed by atoms with Crippen LogP contribution in [0.2, 0.25) is 0 Å². The van der Waals surface area contributed by atoms with Crippen molar-refractivity contribution in [2.24, 2.45) is 17.8 Å². The van der Waals surface area contributed by atoms with Crippen LogP contribution < -0.4 is 4.90 Å². The monoisotopic (exact) mass is 849 g/mol. The molecule has 4 saturated carbocycles. The van der Waals surface area contributed by atoms with Crippen LogP contribution in [0.5, 0.6) is 0 Å². The molecule has 4 bridgehead atoms. The number of hydrogen-bond donors (Lipinski definition) is 0. The third-order valence-electron chi connectivity index (χ3n) is 16.4. The Kier molecular flexibility index (Phi) is 9.14. The summed E-state index contributed by atoms with van der Waals surface area (Å²) in [5, 5.41) is 2.48. The average molecular weight is 850 g/mol. The van der Waals surface area contributed by atoms with E-state index >= 15 is 0 Å². The molecule has 0 aromatic heterocycles. The Hall–Kier alpha value is -6.96. The fourth-order valence-corrected chi connectivity index (χ4v) is 13.5. The van der Waals surface area contributed by atoms with Crippen molar-refractivity contribution in [2.45, 2.75) is 63.2 Å². The van der Waals surface area contributed by atoms with Crippen molar-refractivity contribution >= 4 is 27.8 Å². The lowest BCUT2D eigenvalue weighted by atomic mass is 9.48. The molecule has 1 nitrogen and oxygen atoms in total. The molecule has 9 aromatic carbocycles. The van der Waals surface area contributed by atoms with Gasteiger partial charge in [-0.2, -0.15) is 0 Å². The van der Waals surface area contributed by atoms with Crippen LogP contribution in [0.3, 0.4) is 0 Å². The molecule has 0 heterocycles. The van der Waals surface area contributed by atoms with Gasteiger partial charge < -0.3 is 4.90 Å². The van der Waals surface area contributed by atoms with Gasteiger partial charge in [0, 0.05) is 22.4 Å². The topological polar surface area (TPSA) is 3.24 Å². The maximum atomic E-state index is 2.48. The molecule has 0 unspecified atom stereocenters. The highest BCUT2D eigenvalue weighted by Gasteiger charge is 2.51. The minimum absolute atomic E-state index is 0.127. The van der Waals surface area contributed by atoms with Crippen LogP contribution in [-0.2, 0) is 10.8 Å². The van der Waals surface area contributed by atoms with Crippen LogP contribution in [0.1, 0.15) is 69.1 Å². The highest BCUT2D eigenvalue weighted by Crippen LogP contribution is 2.61. The van der Waals surface area contributed by atoms with Crippen molar-refractivity contribution < 1.29 is 0 Å². The van der Waals surface area contributed by atoms with Gasteiger partial charge in [0.15, 0.2) is 0 Å². The summed E-state index contributed by atoms with van der Waals surface area (Å²) in [5.41, 5.74) is 20.5. The molecule has 0 radical (unpaired) electrons. The van der Waals surface area contributed by atoms with Crippen LogP contribution >= 0.6 is 0 Å². The summed E-state index contributed by atoms with van der Waals surface area (Å²) in [5.74, 6) is 2.87. The first kappa shape index (κ1) is 39.4. The Labute approximate surface area is 390 Å². The lowest BCUT2D eigenvalue weighted by Gasteiger charge is -2.57. The number of nitrogens with zero attached hydrogens (tertiary/aromatic N) is 1. The van der Waals surface area contributed by atoms with Crippen molar-refractivity contribution in [3.05, 3.63) is 223 Å². The van der Waals surface area contributed by atoms with E-state index in [-0.39, 0.29) is 5.41 Å². The van der Waals surface area contributed by atoms with E-state index in [1.165, 1.54) is 116 Å². The zero-order valence-electron chi connectivity index (χ0n) is 38.1. The Bertz CT molecular complexity index is 3250. The van der Waals surface area contributed by atoms with Gasteiger partial charge in [-0.05, 0) is 182 Å². The van der Waals surface area contributed by atoms with Crippen molar-refractivity contribution in [1.29, 1.82) is 0 Å². The van der Waals surface area contributed by atoms with Crippen LogP contribution in [-0.4, -0.2) is 0 Å². The van der Waals surface area contributed by atoms with Gasteiger partial charge in [0.2, 0.25) is 0 Å². The predicted molar refractivity (Wildman–Crippen MR) is 278 cm³/mol. The van der Waals surface area contributed by atoms with E-state index in [1.807, 2.05) is 0 Å². The second-order valence-electron chi connectivity index (χ2n) is 20.8. The van der Waals surface area contributed by atoms with Gasteiger partial charge in [0.1, 0.15) is 0 Å². The minimum Gasteiger partial charge on any atom is -0.310 e. The van der Waals surface area contributed by atoms with E-state index in [0.29, 0.717) is 5.41 Å². The maximum Gasteiger partial charge on any atom is 0.0540 e. The van der Waals surface area contributed by atoms with E-state index in [2.05, 4.69) is 225 Å². The third kappa shape index (κ3) is 6.58. The fraction of sp³-hybridized carbons (Fsp3) is 0.200. The highest BCUT2D eigenvalue weighted by atomic mass is 15.1. The molecule has 0 saturated heterocycles. The largest absolute Gasteiger partial charge is 0.310 e. The Balaban J connectivity index is 0.911. The fourth-order valence-electron chi connectivity index (χ4n) is 13.5. The van der Waals surface area contributed by atoms with Crippen molar-refractivity contribution in [3.8, 4) is 55.6 Å². The Morgan fingerprint density at radius 3 is 1.58 bits per heavy atom. The summed E-state index contributed by atoms with van der Waals surface area (Å²) in [6.07, 6.45) is 8.68. The maximum absolute atomic E-state index is 2.48. The minimum atomic E-state index is -0.127. The van der Waals surface area contributed by atoms with Gasteiger partial charge in [-0.15, -0.1) is 0 Å². The van der Waals surface area contributed by atoms with Gasteiger partial charge >= 0.3 is 0 Å². The summed E-state index contributed by atoms with van der Waals surface area (Å²) in [6.45, 7) is 4.75. The van der Waals surface area contributed by atoms with E-state index in [9.17, 15) is 0 Å². The molecular weight excluding hydrogens is 795 g/mol. The standard InChI is InChI=1S/C65H55N/c1-64(2)61-15-9-8-14-58(61)59-32-31-57(39-62(59)64)66(56-29-24-50(25-30-56)46-10-4-3-5-11-46)63-33-26-53(38-60(63)54-21-20-47-12-6-7-13-52(47)37-54)51-18-16-48(17-19-51)49-22-27-55(28-23-49)65-40-43-34-44(41-65)36-45(35-43)42-65/h3-33,37-39,43-45H,34-36,40-42H2,1-2H3. The molecule has 320 valence electrons. The smallest absolute Gasteiger partial charge is 0.0540 e. The van der Waals surface area contributed by atoms with Gasteiger partial charge in [0.25, 0.3) is 0 Å². The predicted octanol–water partition coefficient (Wildman–Crippen LogP) is 17.8. The molecule has 1 heteroatoms. The van der Waals surface area contributed by atoms with Crippen LogP contribution in [0, 0.1) is 17.8 Å². The van der Waals surface area contributed by atoms with Crippen molar-refractivity contribution in [2.75, 3.05) is 4.90 Å². The van der Waals surface area contributed by atoms with Gasteiger partial charge in [-0.25, -0.2) is 0 Å². The number of rotatable bonds is 8. The molecule has 0 atom stereocenters. The Morgan fingerprint density at radius 1 is 0.364 bits per heavy atom. The third-order valence-corrected chi connectivity index (χ3v) is 16.4. The summed E-state index contributed by atoms with van der Waals surface area (Å²) >= 11 is 0. The normalized spacial score (nSPS) is 20.8. The first-order valence-corrected chi connectivity index (χ1v) is 24.4. The highest BCUT2D eigenvalue weighted by molar-refractivity contribution is 5.96. The summed E-state index contributed by atoms with van der Waals surface area (Å²) in [4.78, 5) is 2.48. The van der Waals surface area contributed by atoms with Gasteiger partial charge in [0.05, 0.1) is 5.69 Å². The second kappa shape index (κ2) is 15.3. The number of anilines is 3. The lowest BCUT2D eigenvalue weighted by Crippen LogP contribution is -2.48. The molecule has 4 fully saturated rings. The van der Waals surface area contributed by atoms with Crippen molar-refractivity contribution in [3.63, 3.8) is 0 Å². The molecular formula is C65H55N. The molecule has 0 N–H and O–H groups in total. The molecule has 9 aromatic rings. The summed E-state index contributed by atoms with van der Waals surface area (Å²) in [7, 11) is 0. The molecule has 0 amide bonds. The molecule has 5 aliphatic rings. The zero-order chi connectivity index (χ0) is 44.0. The Morgan fingerprint density at radius 2 is 0.879 bits per heavy atom. The molecule has 0 aliphatic heterocycles. The SMILES string of the molecule is CC1(C)c2ccccc2-c2ccc(N(c3ccc(-c4ccccc4)cc3)c3ccc(-c4ccc(-c5ccc(C67CC8CC(CC(C8)C6)C7)cc5)cc4)cc3-c3ccc4ccccc4c3)cc21. The van der Waals surface area contributed by atoms with E-state index in [1.54, 1.807) is 5.56 Å². The van der Waals surface area contributed by atoms with Crippen LogP contribution in [0.25, 0.3) is 66.4 Å². The second-order valence-corrected chi connectivity index (χ2v) is 20.8. The molecule has 5 aliphatic carbocycles. The van der Waals surface area contributed by atoms with Gasteiger partial charge in [-0.1, -0.05) is 178 Å². The molecule has 14 rings (SSSR count). The first-order chi connectivity index (χ1) is 32.3. The van der Waals surface area contributed by atoms with Crippen LogP contribution in [0.15, 0.2) is 206 Å². The van der Waals surface area contributed by atoms with Crippen LogP contribution in [0.4, 0.5) is 17.1 Å². The zero-order valence-corrected chi connectivity index (χ0v) is 38.1. The van der Waals surface area contributed by atoms with E-state index in [0.717, 1.165) is 34.8 Å². The lowest BCUT2D eigenvalue weighted by molar-refractivity contribution is -0.00518. The first-order valence-electron chi connectivity index (χ1n) is 24.4. The van der Waals surface area contributed by atoms with Gasteiger partial charge in [-0.3, -0.25) is 0 Å². The molecule has 0 spiro atoms.